The first-order valence-corrected chi connectivity index (χ1v) is 9.93. The maximum Gasteiger partial charge on any atom is 0.275 e. The number of halogens is 1. The van der Waals surface area contributed by atoms with E-state index < -0.39 is 0 Å². The van der Waals surface area contributed by atoms with E-state index in [4.69, 9.17) is 0 Å². The number of carbonyl (C=O) groups is 1. The minimum Gasteiger partial charge on any atom is -0.311 e. The Bertz CT molecular complexity index is 1040. The number of rotatable bonds is 3. The van der Waals surface area contributed by atoms with E-state index in [9.17, 15) is 10.1 Å². The fourth-order valence-corrected chi connectivity index (χ4v) is 4.30. The fraction of sp³-hybridized carbons (Fsp3) is 0.316. The molecule has 1 N–H and O–H groups in total. The summed E-state index contributed by atoms with van der Waals surface area (Å²) in [5.41, 5.74) is 3.26. The van der Waals surface area contributed by atoms with Crippen LogP contribution in [0.2, 0.25) is 0 Å². The van der Waals surface area contributed by atoms with Crippen molar-refractivity contribution in [2.24, 2.45) is 0 Å². The zero-order valence-corrected chi connectivity index (χ0v) is 17.5. The second-order valence-corrected chi connectivity index (χ2v) is 8.80. The summed E-state index contributed by atoms with van der Waals surface area (Å²) in [5, 5.41) is 15.0. The SMILES string of the molecule is CCc1nc2ccc(Br)cn2c1C(=O)Nc1scc(C(C)(C)C)c1C#N. The topological polar surface area (TPSA) is 70.2 Å². The molecule has 7 heteroatoms. The molecule has 5 nitrogen and oxygen atoms in total. The number of imidazole rings is 1. The van der Waals surface area contributed by atoms with Crippen molar-refractivity contribution in [3.05, 3.63) is 50.7 Å². The summed E-state index contributed by atoms with van der Waals surface area (Å²) < 4.78 is 2.64. The Morgan fingerprint density at radius 1 is 1.42 bits per heavy atom. The first kappa shape index (κ1) is 18.6. The third-order valence-corrected chi connectivity index (χ3v) is 5.51. The normalized spacial score (nSPS) is 11.5. The Morgan fingerprint density at radius 2 is 2.15 bits per heavy atom. The lowest BCUT2D eigenvalue weighted by Crippen LogP contribution is -2.17. The van der Waals surface area contributed by atoms with Gasteiger partial charge in [0.05, 0.1) is 11.3 Å². The molecule has 0 spiro atoms. The molecule has 0 radical (unpaired) electrons. The van der Waals surface area contributed by atoms with Gasteiger partial charge in [0.15, 0.2) is 0 Å². The van der Waals surface area contributed by atoms with E-state index >= 15 is 0 Å². The number of anilines is 1. The number of nitriles is 1. The van der Waals surface area contributed by atoms with Crippen LogP contribution in [0.5, 0.6) is 0 Å². The maximum atomic E-state index is 13.0. The summed E-state index contributed by atoms with van der Waals surface area (Å²) in [5.74, 6) is -0.258. The smallest absolute Gasteiger partial charge is 0.275 e. The number of pyridine rings is 1. The molecule has 0 atom stereocenters. The highest BCUT2D eigenvalue weighted by Crippen LogP contribution is 2.35. The first-order chi connectivity index (χ1) is 12.3. The Kier molecular flexibility index (Phi) is 4.91. The highest BCUT2D eigenvalue weighted by molar-refractivity contribution is 9.10. The molecular formula is C19H19BrN4OS. The van der Waals surface area contributed by atoms with E-state index in [1.165, 1.54) is 11.3 Å². The van der Waals surface area contributed by atoms with E-state index in [-0.39, 0.29) is 11.3 Å². The highest BCUT2D eigenvalue weighted by atomic mass is 79.9. The van der Waals surface area contributed by atoms with Crippen molar-refractivity contribution in [2.75, 3.05) is 5.32 Å². The quantitative estimate of drug-likeness (QED) is 0.624. The van der Waals surface area contributed by atoms with Crippen LogP contribution in [0.25, 0.3) is 5.65 Å². The average molecular weight is 431 g/mol. The van der Waals surface area contributed by atoms with E-state index in [2.05, 4.69) is 53.1 Å². The molecule has 3 aromatic heterocycles. The van der Waals surface area contributed by atoms with Gasteiger partial charge in [-0.15, -0.1) is 11.3 Å². The van der Waals surface area contributed by atoms with Crippen LogP contribution in [0.1, 0.15) is 55.0 Å². The van der Waals surface area contributed by atoms with Crippen LogP contribution in [0.3, 0.4) is 0 Å². The Labute approximate surface area is 164 Å². The van der Waals surface area contributed by atoms with Crippen LogP contribution < -0.4 is 5.32 Å². The van der Waals surface area contributed by atoms with E-state index in [0.29, 0.717) is 22.7 Å². The highest BCUT2D eigenvalue weighted by Gasteiger charge is 2.25. The molecule has 3 rings (SSSR count). The molecule has 0 saturated heterocycles. The number of nitrogens with one attached hydrogen (secondary N) is 1. The third-order valence-electron chi connectivity index (χ3n) is 4.14. The molecule has 134 valence electrons. The van der Waals surface area contributed by atoms with Gasteiger partial charge in [0, 0.05) is 10.7 Å². The molecule has 0 unspecified atom stereocenters. The zero-order valence-electron chi connectivity index (χ0n) is 15.1. The van der Waals surface area contributed by atoms with Gasteiger partial charge in [0.25, 0.3) is 5.91 Å². The van der Waals surface area contributed by atoms with Crippen molar-refractivity contribution < 1.29 is 4.79 Å². The second-order valence-electron chi connectivity index (χ2n) is 7.01. The molecule has 0 aliphatic carbocycles. The number of carbonyl (C=O) groups excluding carboxylic acids is 1. The lowest BCUT2D eigenvalue weighted by Gasteiger charge is -2.17. The van der Waals surface area contributed by atoms with Gasteiger partial charge < -0.3 is 5.32 Å². The first-order valence-electron chi connectivity index (χ1n) is 8.26. The Morgan fingerprint density at radius 3 is 2.77 bits per heavy atom. The number of hydrogen-bond donors (Lipinski definition) is 1. The van der Waals surface area contributed by atoms with Crippen molar-refractivity contribution in [3.8, 4) is 6.07 Å². The van der Waals surface area contributed by atoms with Gasteiger partial charge >= 0.3 is 0 Å². The fourth-order valence-electron chi connectivity index (χ4n) is 2.83. The third kappa shape index (κ3) is 3.27. The van der Waals surface area contributed by atoms with Gasteiger partial charge in [-0.1, -0.05) is 27.7 Å². The molecule has 1 amide bonds. The second kappa shape index (κ2) is 6.86. The summed E-state index contributed by atoms with van der Waals surface area (Å²) in [7, 11) is 0. The summed E-state index contributed by atoms with van der Waals surface area (Å²) in [6.45, 7) is 8.13. The summed E-state index contributed by atoms with van der Waals surface area (Å²) >= 11 is 4.82. The van der Waals surface area contributed by atoms with Gasteiger partial charge in [-0.25, -0.2) is 4.98 Å². The Hall–Kier alpha value is -2.17. The summed E-state index contributed by atoms with van der Waals surface area (Å²) in [6, 6.07) is 6.00. The molecule has 0 aliphatic rings. The van der Waals surface area contributed by atoms with E-state index in [1.807, 2.05) is 30.6 Å². The number of aromatic nitrogens is 2. The van der Waals surface area contributed by atoms with Crippen molar-refractivity contribution in [1.82, 2.24) is 9.38 Å². The van der Waals surface area contributed by atoms with Gasteiger partial charge in [-0.3, -0.25) is 9.20 Å². The van der Waals surface area contributed by atoms with Crippen molar-refractivity contribution in [2.45, 2.75) is 39.5 Å². The molecule has 0 saturated carbocycles. The average Bonchev–Trinajstić information content (AvgIpc) is 3.14. The van der Waals surface area contributed by atoms with Crippen LogP contribution in [-0.2, 0) is 11.8 Å². The van der Waals surface area contributed by atoms with Crippen LogP contribution in [0.15, 0.2) is 28.2 Å². The number of amides is 1. The van der Waals surface area contributed by atoms with Crippen LogP contribution in [0.4, 0.5) is 5.00 Å². The van der Waals surface area contributed by atoms with Crippen LogP contribution in [-0.4, -0.2) is 15.3 Å². The standard InChI is InChI=1S/C19H19BrN4OS/c1-5-14-16(24-9-11(20)6-7-15(24)22-14)17(25)23-18-12(8-21)13(10-26-18)19(2,3)4/h6-7,9-10H,5H2,1-4H3,(H,23,25). The molecule has 3 aromatic rings. The largest absolute Gasteiger partial charge is 0.311 e. The Balaban J connectivity index is 2.05. The number of nitrogens with zero attached hydrogens (tertiary/aromatic N) is 3. The van der Waals surface area contributed by atoms with Gasteiger partial charge in [-0.05, 0) is 50.8 Å². The number of hydrogen-bond acceptors (Lipinski definition) is 4. The predicted octanol–water partition coefficient (Wildman–Crippen LogP) is 5.14. The monoisotopic (exact) mass is 430 g/mol. The minimum atomic E-state index is -0.258. The summed E-state index contributed by atoms with van der Waals surface area (Å²) in [6.07, 6.45) is 2.47. The predicted molar refractivity (Wildman–Crippen MR) is 108 cm³/mol. The molecular weight excluding hydrogens is 412 g/mol. The maximum absolute atomic E-state index is 13.0. The zero-order chi connectivity index (χ0) is 19.1. The lowest BCUT2D eigenvalue weighted by atomic mass is 9.86. The van der Waals surface area contributed by atoms with Crippen molar-refractivity contribution in [3.63, 3.8) is 0 Å². The van der Waals surface area contributed by atoms with Crippen LogP contribution in [0, 0.1) is 11.3 Å². The van der Waals surface area contributed by atoms with Crippen molar-refractivity contribution in [1.29, 1.82) is 5.26 Å². The molecule has 0 aromatic carbocycles. The van der Waals surface area contributed by atoms with Gasteiger partial charge in [-0.2, -0.15) is 5.26 Å². The van der Waals surface area contributed by atoms with Crippen LogP contribution >= 0.6 is 27.3 Å². The van der Waals surface area contributed by atoms with Crippen molar-refractivity contribution >= 4 is 43.8 Å². The van der Waals surface area contributed by atoms with E-state index in [1.54, 1.807) is 4.40 Å². The van der Waals surface area contributed by atoms with E-state index in [0.717, 1.165) is 21.4 Å². The van der Waals surface area contributed by atoms with Gasteiger partial charge in [0.2, 0.25) is 0 Å². The minimum absolute atomic E-state index is 0.159. The molecule has 0 aliphatic heterocycles. The summed E-state index contributed by atoms with van der Waals surface area (Å²) in [4.78, 5) is 17.6. The molecule has 0 bridgehead atoms. The number of aryl methyl sites for hydroxylation is 1. The molecule has 26 heavy (non-hydrogen) atoms. The lowest BCUT2D eigenvalue weighted by molar-refractivity contribution is 0.102. The van der Waals surface area contributed by atoms with Gasteiger partial charge in [0.1, 0.15) is 22.4 Å². The molecule has 0 fully saturated rings. The number of thiophene rings is 1. The molecule has 3 heterocycles. The number of fused-ring (bicyclic) bond motifs is 1.